The number of aromatic nitrogens is 1. The van der Waals surface area contributed by atoms with Gasteiger partial charge in [-0.1, -0.05) is 24.3 Å². The van der Waals surface area contributed by atoms with Crippen molar-refractivity contribution in [2.75, 3.05) is 14.1 Å². The Hall–Kier alpha value is -1.54. The fourth-order valence-electron chi connectivity index (χ4n) is 1.87. The van der Waals surface area contributed by atoms with Gasteiger partial charge >= 0.3 is 0 Å². The predicted octanol–water partition coefficient (Wildman–Crippen LogP) is 2.96. The highest BCUT2D eigenvalue weighted by atomic mass is 15.1. The lowest BCUT2D eigenvalue weighted by Crippen LogP contribution is -2.17. The third-order valence-corrected chi connectivity index (χ3v) is 2.65. The van der Waals surface area contributed by atoms with E-state index < -0.39 is 0 Å². The Kier molecular flexibility index (Phi) is 2.60. The first-order valence-electron chi connectivity index (χ1n) is 5.09. The molecule has 2 heteroatoms. The maximum atomic E-state index is 3.87. The van der Waals surface area contributed by atoms with Gasteiger partial charge in [0.2, 0.25) is 0 Å². The minimum Gasteiger partial charge on any atom is -0.357 e. The summed E-state index contributed by atoms with van der Waals surface area (Å²) in [5.74, 6) is 0. The molecule has 15 heavy (non-hydrogen) atoms. The van der Waals surface area contributed by atoms with Crippen molar-refractivity contribution in [3.05, 3.63) is 48.7 Å². The smallest absolute Gasteiger partial charge is 0.0676 e. The van der Waals surface area contributed by atoms with Crippen LogP contribution in [0.15, 0.2) is 43.0 Å². The monoisotopic (exact) mass is 200 g/mol. The highest BCUT2D eigenvalue weighted by Gasteiger charge is 2.11. The number of rotatable bonds is 3. The molecule has 2 nitrogen and oxygen atoms in total. The molecule has 0 aliphatic heterocycles. The fourth-order valence-corrected chi connectivity index (χ4v) is 1.87. The summed E-state index contributed by atoms with van der Waals surface area (Å²) in [5, 5.41) is 1.25. The molecule has 2 aromatic rings. The second-order valence-corrected chi connectivity index (χ2v) is 3.96. The molecule has 78 valence electrons. The second kappa shape index (κ2) is 3.91. The lowest BCUT2D eigenvalue weighted by atomic mass is 10.2. The molecule has 0 bridgehead atoms. The summed E-state index contributed by atoms with van der Waals surface area (Å²) in [5.41, 5.74) is 2.37. The van der Waals surface area contributed by atoms with Gasteiger partial charge in [0.15, 0.2) is 0 Å². The minimum atomic E-state index is 0.248. The van der Waals surface area contributed by atoms with E-state index >= 15 is 0 Å². The molecule has 2 rings (SSSR count). The van der Waals surface area contributed by atoms with Crippen LogP contribution in [0.3, 0.4) is 0 Å². The van der Waals surface area contributed by atoms with Crippen molar-refractivity contribution >= 4 is 10.9 Å². The third-order valence-electron chi connectivity index (χ3n) is 2.65. The Morgan fingerprint density at radius 2 is 2.07 bits per heavy atom. The molecule has 0 aliphatic rings. The van der Waals surface area contributed by atoms with Gasteiger partial charge in [-0.25, -0.2) is 0 Å². The van der Waals surface area contributed by atoms with Crippen LogP contribution in [-0.2, 0) is 0 Å². The molecule has 0 fully saturated rings. The average molecular weight is 200 g/mol. The summed E-state index contributed by atoms with van der Waals surface area (Å²) in [7, 11) is 4.11. The Morgan fingerprint density at radius 1 is 1.33 bits per heavy atom. The molecule has 0 amide bonds. The topological polar surface area (TPSA) is 19.0 Å². The zero-order chi connectivity index (χ0) is 10.8. The second-order valence-electron chi connectivity index (χ2n) is 3.96. The van der Waals surface area contributed by atoms with E-state index in [-0.39, 0.29) is 6.04 Å². The molecule has 1 N–H and O–H groups in total. The summed E-state index contributed by atoms with van der Waals surface area (Å²) in [6, 6.07) is 10.7. The first kappa shape index (κ1) is 9.99. The predicted molar refractivity (Wildman–Crippen MR) is 64.9 cm³/mol. The number of aromatic amines is 1. The Balaban J connectivity index is 2.47. The summed E-state index contributed by atoms with van der Waals surface area (Å²) in [4.78, 5) is 5.55. The van der Waals surface area contributed by atoms with E-state index in [4.69, 9.17) is 0 Å². The molecule has 0 saturated heterocycles. The van der Waals surface area contributed by atoms with Gasteiger partial charge in [-0.05, 0) is 31.6 Å². The quantitative estimate of drug-likeness (QED) is 0.755. The number of hydrogen-bond acceptors (Lipinski definition) is 1. The lowest BCUT2D eigenvalue weighted by molar-refractivity contribution is 0.347. The van der Waals surface area contributed by atoms with Crippen molar-refractivity contribution in [1.82, 2.24) is 9.88 Å². The maximum Gasteiger partial charge on any atom is 0.0676 e. The molecular weight excluding hydrogens is 184 g/mol. The molecule has 1 heterocycles. The summed E-state index contributed by atoms with van der Waals surface area (Å²) < 4.78 is 0. The number of fused-ring (bicyclic) bond motifs is 1. The number of nitrogens with one attached hydrogen (secondary N) is 1. The van der Waals surface area contributed by atoms with Crippen LogP contribution >= 0.6 is 0 Å². The van der Waals surface area contributed by atoms with Crippen molar-refractivity contribution < 1.29 is 0 Å². The number of para-hydroxylation sites is 1. The van der Waals surface area contributed by atoms with Crippen LogP contribution in [-0.4, -0.2) is 24.0 Å². The highest BCUT2D eigenvalue weighted by molar-refractivity contribution is 5.80. The van der Waals surface area contributed by atoms with Gasteiger partial charge in [-0.3, -0.25) is 4.90 Å². The number of H-pyrrole nitrogens is 1. The zero-order valence-corrected chi connectivity index (χ0v) is 9.20. The van der Waals surface area contributed by atoms with Gasteiger partial charge in [0, 0.05) is 11.2 Å². The fraction of sp³-hybridized carbons (Fsp3) is 0.231. The lowest BCUT2D eigenvalue weighted by Gasteiger charge is -2.19. The van der Waals surface area contributed by atoms with Crippen molar-refractivity contribution in [3.8, 4) is 0 Å². The standard InChI is InChI=1S/C13H16N2/c1-4-13(15(2)3)12-9-10-7-5-6-8-11(10)14-12/h4-9,13-14H,1H2,2-3H3. The van der Waals surface area contributed by atoms with E-state index in [1.807, 2.05) is 12.1 Å². The SMILES string of the molecule is C=CC(c1cc2ccccc2[nH]1)N(C)C. The first-order valence-corrected chi connectivity index (χ1v) is 5.09. The Labute approximate surface area is 90.2 Å². The van der Waals surface area contributed by atoms with E-state index in [9.17, 15) is 0 Å². The number of nitrogens with zero attached hydrogens (tertiary/aromatic N) is 1. The Bertz CT molecular complexity index is 435. The average Bonchev–Trinajstić information content (AvgIpc) is 2.61. The maximum absolute atomic E-state index is 3.87. The van der Waals surface area contributed by atoms with Crippen molar-refractivity contribution in [2.24, 2.45) is 0 Å². The molecule has 0 radical (unpaired) electrons. The minimum absolute atomic E-state index is 0.248. The van der Waals surface area contributed by atoms with Gasteiger partial charge in [0.1, 0.15) is 0 Å². The largest absolute Gasteiger partial charge is 0.357 e. The first-order chi connectivity index (χ1) is 7.22. The zero-order valence-electron chi connectivity index (χ0n) is 9.20. The molecule has 0 saturated carbocycles. The normalized spacial score (nSPS) is 13.3. The van der Waals surface area contributed by atoms with Gasteiger partial charge in [0.05, 0.1) is 6.04 Å². The van der Waals surface area contributed by atoms with E-state index in [0.717, 1.165) is 0 Å². The van der Waals surface area contributed by atoms with Gasteiger partial charge in [-0.2, -0.15) is 0 Å². The van der Waals surface area contributed by atoms with Crippen LogP contribution in [0.25, 0.3) is 10.9 Å². The van der Waals surface area contributed by atoms with Gasteiger partial charge in [0.25, 0.3) is 0 Å². The molecule has 0 spiro atoms. The molecule has 1 aromatic carbocycles. The van der Waals surface area contributed by atoms with Crippen LogP contribution in [0.1, 0.15) is 11.7 Å². The summed E-state index contributed by atoms with van der Waals surface area (Å²) in [6.07, 6.45) is 1.95. The summed E-state index contributed by atoms with van der Waals surface area (Å²) in [6.45, 7) is 3.87. The number of likely N-dealkylation sites (N-methyl/N-ethyl adjacent to an activating group) is 1. The number of hydrogen-bond donors (Lipinski definition) is 1. The van der Waals surface area contributed by atoms with Crippen molar-refractivity contribution in [3.63, 3.8) is 0 Å². The highest BCUT2D eigenvalue weighted by Crippen LogP contribution is 2.23. The van der Waals surface area contributed by atoms with E-state index in [0.29, 0.717) is 0 Å². The summed E-state index contributed by atoms with van der Waals surface area (Å²) >= 11 is 0. The molecular formula is C13H16N2. The van der Waals surface area contributed by atoms with E-state index in [2.05, 4.69) is 54.8 Å². The number of benzene rings is 1. The third kappa shape index (κ3) is 1.81. The van der Waals surface area contributed by atoms with Crippen molar-refractivity contribution in [2.45, 2.75) is 6.04 Å². The van der Waals surface area contributed by atoms with Crippen LogP contribution in [0.5, 0.6) is 0 Å². The van der Waals surface area contributed by atoms with Crippen LogP contribution in [0.2, 0.25) is 0 Å². The molecule has 1 aromatic heterocycles. The van der Waals surface area contributed by atoms with Crippen LogP contribution in [0, 0.1) is 0 Å². The molecule has 0 aliphatic carbocycles. The van der Waals surface area contributed by atoms with Gasteiger partial charge < -0.3 is 4.98 Å². The molecule has 1 atom stereocenters. The van der Waals surface area contributed by atoms with Crippen molar-refractivity contribution in [1.29, 1.82) is 0 Å². The van der Waals surface area contributed by atoms with E-state index in [1.54, 1.807) is 0 Å². The van der Waals surface area contributed by atoms with Gasteiger partial charge in [-0.15, -0.1) is 6.58 Å². The van der Waals surface area contributed by atoms with Crippen LogP contribution in [0.4, 0.5) is 0 Å². The Morgan fingerprint density at radius 3 is 2.67 bits per heavy atom. The molecule has 1 unspecified atom stereocenters. The van der Waals surface area contributed by atoms with E-state index in [1.165, 1.54) is 16.6 Å². The van der Waals surface area contributed by atoms with Crippen LogP contribution < -0.4 is 0 Å².